The fraction of sp³-hybridized carbons (Fsp3) is 0.125. The maximum Gasteiger partial charge on any atom is 0.387 e. The Kier molecular flexibility index (Phi) is 5.04. The number of benzene rings is 2. The van der Waals surface area contributed by atoms with Crippen LogP contribution >= 0.6 is 0 Å². The molecule has 0 radical (unpaired) electrons. The van der Waals surface area contributed by atoms with Crippen LogP contribution in [0, 0.1) is 11.3 Å². The molecule has 0 bridgehead atoms. The number of hydrogen-bond acceptors (Lipinski definition) is 4. The van der Waals surface area contributed by atoms with E-state index in [0.717, 1.165) is 5.56 Å². The van der Waals surface area contributed by atoms with E-state index in [2.05, 4.69) is 4.74 Å². The summed E-state index contributed by atoms with van der Waals surface area (Å²) in [6.07, 6.45) is 0.278. The summed E-state index contributed by atoms with van der Waals surface area (Å²) in [5.74, 6) is -0.316. The van der Waals surface area contributed by atoms with Crippen LogP contribution in [0.3, 0.4) is 0 Å². The predicted molar refractivity (Wildman–Crippen MR) is 73.8 cm³/mol. The number of carbonyl (C=O) groups excluding carboxylic acids is 1. The highest BCUT2D eigenvalue weighted by Gasteiger charge is 2.10. The molecule has 112 valence electrons. The first-order valence-electron chi connectivity index (χ1n) is 6.31. The molecule has 0 fully saturated rings. The molecule has 22 heavy (non-hydrogen) atoms. The van der Waals surface area contributed by atoms with E-state index in [0.29, 0.717) is 5.75 Å². The summed E-state index contributed by atoms with van der Waals surface area (Å²) in [6, 6.07) is 13.8. The van der Waals surface area contributed by atoms with Crippen LogP contribution in [0.4, 0.5) is 8.78 Å². The SMILES string of the molecule is N#CCc1ccc(OC(=O)c2ccc(OC(F)F)cc2)cc1. The van der Waals surface area contributed by atoms with E-state index in [1.54, 1.807) is 24.3 Å². The molecule has 0 aliphatic rings. The number of nitrogens with zero attached hydrogens (tertiary/aromatic N) is 1. The summed E-state index contributed by atoms with van der Waals surface area (Å²) in [4.78, 5) is 11.9. The minimum Gasteiger partial charge on any atom is -0.435 e. The van der Waals surface area contributed by atoms with Gasteiger partial charge >= 0.3 is 12.6 Å². The Hall–Kier alpha value is -2.94. The zero-order valence-corrected chi connectivity index (χ0v) is 11.3. The first kappa shape index (κ1) is 15.4. The fourth-order valence-corrected chi connectivity index (χ4v) is 1.71. The normalized spacial score (nSPS) is 10.1. The second kappa shape index (κ2) is 7.18. The van der Waals surface area contributed by atoms with Gasteiger partial charge in [-0.3, -0.25) is 0 Å². The molecule has 2 rings (SSSR count). The number of alkyl halides is 2. The Labute approximate surface area is 125 Å². The highest BCUT2D eigenvalue weighted by Crippen LogP contribution is 2.18. The van der Waals surface area contributed by atoms with Crippen LogP contribution in [0.2, 0.25) is 0 Å². The highest BCUT2D eigenvalue weighted by atomic mass is 19.3. The quantitative estimate of drug-likeness (QED) is 0.626. The first-order chi connectivity index (χ1) is 10.6. The van der Waals surface area contributed by atoms with E-state index in [1.807, 2.05) is 6.07 Å². The van der Waals surface area contributed by atoms with Gasteiger partial charge in [-0.05, 0) is 42.0 Å². The van der Waals surface area contributed by atoms with Gasteiger partial charge in [-0.2, -0.15) is 14.0 Å². The van der Waals surface area contributed by atoms with Crippen LogP contribution in [-0.4, -0.2) is 12.6 Å². The third-order valence-corrected chi connectivity index (χ3v) is 2.73. The van der Waals surface area contributed by atoms with Crippen molar-refractivity contribution in [1.82, 2.24) is 0 Å². The predicted octanol–water partition coefficient (Wildman–Crippen LogP) is 3.57. The molecule has 2 aromatic rings. The Morgan fingerprint density at radius 1 is 1.05 bits per heavy atom. The van der Waals surface area contributed by atoms with Crippen molar-refractivity contribution in [2.75, 3.05) is 0 Å². The van der Waals surface area contributed by atoms with Crippen molar-refractivity contribution in [2.24, 2.45) is 0 Å². The zero-order chi connectivity index (χ0) is 15.9. The van der Waals surface area contributed by atoms with E-state index in [-0.39, 0.29) is 17.7 Å². The van der Waals surface area contributed by atoms with Crippen molar-refractivity contribution in [3.63, 3.8) is 0 Å². The van der Waals surface area contributed by atoms with Gasteiger partial charge in [0.05, 0.1) is 18.1 Å². The number of ether oxygens (including phenoxy) is 2. The van der Waals surface area contributed by atoms with Crippen molar-refractivity contribution >= 4 is 5.97 Å². The van der Waals surface area contributed by atoms with E-state index in [1.165, 1.54) is 24.3 Å². The summed E-state index contributed by atoms with van der Waals surface area (Å²) in [5, 5.41) is 8.57. The van der Waals surface area contributed by atoms with Gasteiger partial charge in [-0.25, -0.2) is 4.79 Å². The zero-order valence-electron chi connectivity index (χ0n) is 11.3. The Morgan fingerprint density at radius 2 is 1.64 bits per heavy atom. The molecule has 0 heterocycles. The molecule has 0 aliphatic heterocycles. The number of esters is 1. The minimum atomic E-state index is -2.91. The van der Waals surface area contributed by atoms with E-state index in [9.17, 15) is 13.6 Å². The van der Waals surface area contributed by atoms with Gasteiger partial charge < -0.3 is 9.47 Å². The average Bonchev–Trinajstić information content (AvgIpc) is 2.49. The molecule has 0 spiro atoms. The molecule has 0 aliphatic carbocycles. The molecule has 0 amide bonds. The lowest BCUT2D eigenvalue weighted by Gasteiger charge is -2.07. The lowest BCUT2D eigenvalue weighted by Crippen LogP contribution is -2.08. The molecule has 0 atom stereocenters. The largest absolute Gasteiger partial charge is 0.435 e. The number of carbonyl (C=O) groups is 1. The monoisotopic (exact) mass is 303 g/mol. The summed E-state index contributed by atoms with van der Waals surface area (Å²) >= 11 is 0. The summed E-state index contributed by atoms with van der Waals surface area (Å²) in [6.45, 7) is -2.91. The lowest BCUT2D eigenvalue weighted by molar-refractivity contribution is -0.0498. The van der Waals surface area contributed by atoms with Crippen molar-refractivity contribution < 1.29 is 23.0 Å². The first-order valence-corrected chi connectivity index (χ1v) is 6.31. The highest BCUT2D eigenvalue weighted by molar-refractivity contribution is 5.91. The van der Waals surface area contributed by atoms with E-state index >= 15 is 0 Å². The Bertz CT molecular complexity index is 676. The van der Waals surface area contributed by atoms with Crippen molar-refractivity contribution in [3.05, 3.63) is 59.7 Å². The molecule has 0 saturated heterocycles. The maximum atomic E-state index is 12.0. The number of hydrogen-bond donors (Lipinski definition) is 0. The average molecular weight is 303 g/mol. The van der Waals surface area contributed by atoms with Crippen molar-refractivity contribution in [3.8, 4) is 17.6 Å². The van der Waals surface area contributed by atoms with Gasteiger partial charge in [-0.1, -0.05) is 12.1 Å². The Morgan fingerprint density at radius 3 is 2.18 bits per heavy atom. The molecular formula is C16H11F2NO3. The number of nitriles is 1. The molecule has 2 aromatic carbocycles. The summed E-state index contributed by atoms with van der Waals surface area (Å²) in [7, 11) is 0. The number of halogens is 2. The van der Waals surface area contributed by atoms with E-state index < -0.39 is 12.6 Å². The minimum absolute atomic E-state index is 0.0348. The van der Waals surface area contributed by atoms with Crippen LogP contribution in [-0.2, 0) is 6.42 Å². The molecule has 6 heteroatoms. The summed E-state index contributed by atoms with van der Waals surface area (Å²) in [5.41, 5.74) is 1.03. The van der Waals surface area contributed by atoms with Gasteiger partial charge in [-0.15, -0.1) is 0 Å². The second-order valence-electron chi connectivity index (χ2n) is 4.27. The van der Waals surface area contributed by atoms with Gasteiger partial charge in [0.15, 0.2) is 0 Å². The fourth-order valence-electron chi connectivity index (χ4n) is 1.71. The van der Waals surface area contributed by atoms with Crippen LogP contribution in [0.15, 0.2) is 48.5 Å². The molecular weight excluding hydrogens is 292 g/mol. The molecule has 0 unspecified atom stereocenters. The van der Waals surface area contributed by atoms with Crippen LogP contribution in [0.25, 0.3) is 0 Å². The van der Waals surface area contributed by atoms with E-state index in [4.69, 9.17) is 10.00 Å². The van der Waals surface area contributed by atoms with Gasteiger partial charge in [0.2, 0.25) is 0 Å². The smallest absolute Gasteiger partial charge is 0.387 e. The maximum absolute atomic E-state index is 12.0. The molecule has 0 saturated carbocycles. The lowest BCUT2D eigenvalue weighted by atomic mass is 10.1. The topological polar surface area (TPSA) is 59.3 Å². The van der Waals surface area contributed by atoms with Gasteiger partial charge in [0.1, 0.15) is 11.5 Å². The van der Waals surface area contributed by atoms with Crippen molar-refractivity contribution in [2.45, 2.75) is 13.0 Å². The molecule has 4 nitrogen and oxygen atoms in total. The second-order valence-corrected chi connectivity index (χ2v) is 4.27. The van der Waals surface area contributed by atoms with Crippen LogP contribution < -0.4 is 9.47 Å². The third-order valence-electron chi connectivity index (χ3n) is 2.73. The van der Waals surface area contributed by atoms with Crippen LogP contribution in [0.1, 0.15) is 15.9 Å². The van der Waals surface area contributed by atoms with Crippen LogP contribution in [0.5, 0.6) is 11.5 Å². The Balaban J connectivity index is 2.01. The third kappa shape index (κ3) is 4.28. The summed E-state index contributed by atoms with van der Waals surface area (Å²) < 4.78 is 33.4. The van der Waals surface area contributed by atoms with Gasteiger partial charge in [0, 0.05) is 0 Å². The van der Waals surface area contributed by atoms with Gasteiger partial charge in [0.25, 0.3) is 0 Å². The molecule has 0 N–H and O–H groups in total. The standard InChI is InChI=1S/C16H11F2NO3/c17-16(18)22-14-7-3-12(4-8-14)15(20)21-13-5-1-11(2-6-13)9-10-19/h1-8,16H,9H2. The number of rotatable bonds is 5. The molecule has 0 aromatic heterocycles. The van der Waals surface area contributed by atoms with Crippen molar-refractivity contribution in [1.29, 1.82) is 5.26 Å².